The second-order valence-corrected chi connectivity index (χ2v) is 1.47. The maximum atomic E-state index is 4.75. The molecule has 2 heteroatoms. The van der Waals surface area contributed by atoms with E-state index in [4.69, 9.17) is 4.42 Å². The van der Waals surface area contributed by atoms with E-state index in [0.29, 0.717) is 0 Å². The van der Waals surface area contributed by atoms with Crippen molar-refractivity contribution in [3.05, 3.63) is 18.4 Å². The molecule has 1 aromatic rings. The average molecular weight is 99.0 g/mol. The summed E-state index contributed by atoms with van der Waals surface area (Å²) in [5.74, 6) is 0. The highest BCUT2D eigenvalue weighted by Gasteiger charge is 1.76. The minimum absolute atomic E-state index is 0.773. The van der Waals surface area contributed by atoms with Gasteiger partial charge in [0.2, 0.25) is 0 Å². The predicted molar refractivity (Wildman–Crippen MR) is 26.7 cm³/mol. The molecule has 0 aliphatic rings. The second kappa shape index (κ2) is 1.44. The molecule has 1 nitrogen and oxygen atoms in total. The quantitative estimate of drug-likeness (QED) is 0.443. The third-order valence-electron chi connectivity index (χ3n) is 0.521. The molecule has 0 aromatic carbocycles. The van der Waals surface area contributed by atoms with Crippen molar-refractivity contribution in [1.82, 2.24) is 0 Å². The topological polar surface area (TPSA) is 13.1 Å². The lowest BCUT2D eigenvalue weighted by molar-refractivity contribution is 0.604. The Morgan fingerprint density at radius 3 is 2.67 bits per heavy atom. The summed E-state index contributed by atoms with van der Waals surface area (Å²) in [6, 6.07) is 3.65. The van der Waals surface area contributed by atoms with Crippen LogP contribution < -0.4 is 5.50 Å². The zero-order chi connectivity index (χ0) is 4.41. The van der Waals surface area contributed by atoms with E-state index in [0.717, 1.165) is 5.50 Å². The molecule has 0 spiro atoms. The van der Waals surface area contributed by atoms with E-state index in [1.165, 1.54) is 0 Å². The van der Waals surface area contributed by atoms with Gasteiger partial charge in [0.15, 0.2) is 0 Å². The van der Waals surface area contributed by atoms with Gasteiger partial charge < -0.3 is 4.42 Å². The van der Waals surface area contributed by atoms with E-state index in [2.05, 4.69) is 9.24 Å². The minimum atomic E-state index is 0.773. The van der Waals surface area contributed by atoms with Crippen LogP contribution in [0.25, 0.3) is 0 Å². The van der Waals surface area contributed by atoms with Crippen LogP contribution in [0.4, 0.5) is 0 Å². The van der Waals surface area contributed by atoms with Crippen LogP contribution in [0.15, 0.2) is 22.8 Å². The van der Waals surface area contributed by atoms with Crippen LogP contribution in [0.3, 0.4) is 0 Å². The summed E-state index contributed by atoms with van der Waals surface area (Å²) in [4.78, 5) is 0. The fourth-order valence-corrected chi connectivity index (χ4v) is 0.443. The van der Waals surface area contributed by atoms with Crippen molar-refractivity contribution in [2.75, 3.05) is 0 Å². The molecule has 0 aliphatic carbocycles. The van der Waals surface area contributed by atoms with Crippen LogP contribution in [0.5, 0.6) is 0 Å². The summed E-state index contributed by atoms with van der Waals surface area (Å²) >= 11 is 0. The van der Waals surface area contributed by atoms with Crippen LogP contribution in [-0.2, 0) is 0 Å². The monoisotopic (exact) mass is 99.0 g/mol. The first-order chi connectivity index (χ1) is 2.89. The van der Waals surface area contributed by atoms with Crippen LogP contribution in [0.1, 0.15) is 0 Å². The lowest BCUT2D eigenvalue weighted by Crippen LogP contribution is -1.74. The summed E-state index contributed by atoms with van der Waals surface area (Å²) in [5, 5.41) is 0. The Morgan fingerprint density at radius 2 is 2.50 bits per heavy atom. The molecule has 1 radical (unpaired) electrons. The van der Waals surface area contributed by atoms with Gasteiger partial charge in [0, 0.05) is 0 Å². The number of hydrogen-bond donors (Lipinski definition) is 0. The minimum Gasteiger partial charge on any atom is -0.465 e. The molecular formula is C4H4OP. The van der Waals surface area contributed by atoms with E-state index in [-0.39, 0.29) is 0 Å². The number of rotatable bonds is 0. The predicted octanol–water partition coefficient (Wildman–Crippen LogP) is 1.05. The SMILES string of the molecule is [PH]c1ccco1. The Hall–Kier alpha value is -0.290. The largest absolute Gasteiger partial charge is 0.465 e. The van der Waals surface area contributed by atoms with Gasteiger partial charge in [-0.1, -0.05) is 0 Å². The first-order valence-electron chi connectivity index (χ1n) is 1.65. The van der Waals surface area contributed by atoms with E-state index in [1.807, 2.05) is 12.1 Å². The van der Waals surface area contributed by atoms with Crippen LogP contribution in [-0.4, -0.2) is 0 Å². The molecule has 0 unspecified atom stereocenters. The Morgan fingerprint density at radius 1 is 1.67 bits per heavy atom. The molecule has 1 aromatic heterocycles. The van der Waals surface area contributed by atoms with Crippen LogP contribution in [0.2, 0.25) is 0 Å². The molecule has 0 N–H and O–H groups in total. The van der Waals surface area contributed by atoms with Gasteiger partial charge in [-0.2, -0.15) is 0 Å². The van der Waals surface area contributed by atoms with Crippen molar-refractivity contribution in [2.45, 2.75) is 0 Å². The molecule has 31 valence electrons. The Labute approximate surface area is 38.6 Å². The third-order valence-corrected chi connectivity index (χ3v) is 0.806. The van der Waals surface area contributed by atoms with Gasteiger partial charge >= 0.3 is 0 Å². The van der Waals surface area contributed by atoms with Crippen molar-refractivity contribution in [1.29, 1.82) is 0 Å². The molecule has 1 heterocycles. The van der Waals surface area contributed by atoms with Gasteiger partial charge in [-0.3, -0.25) is 0 Å². The molecule has 1 rings (SSSR count). The fourth-order valence-electron chi connectivity index (χ4n) is 0.279. The van der Waals surface area contributed by atoms with E-state index >= 15 is 0 Å². The Balaban J connectivity index is 3.05. The first kappa shape index (κ1) is 3.89. The van der Waals surface area contributed by atoms with Crippen molar-refractivity contribution < 1.29 is 4.42 Å². The lowest BCUT2D eigenvalue weighted by atomic mass is 10.7. The van der Waals surface area contributed by atoms with Gasteiger partial charge in [-0.15, -0.1) is 0 Å². The van der Waals surface area contributed by atoms with E-state index in [9.17, 15) is 0 Å². The van der Waals surface area contributed by atoms with E-state index < -0.39 is 0 Å². The van der Waals surface area contributed by atoms with Crippen LogP contribution >= 0.6 is 9.24 Å². The highest BCUT2D eigenvalue weighted by molar-refractivity contribution is 7.26. The molecule has 0 fully saturated rings. The van der Waals surface area contributed by atoms with Gasteiger partial charge in [0.05, 0.1) is 6.26 Å². The number of hydrogen-bond acceptors (Lipinski definition) is 1. The molecule has 0 atom stereocenters. The molecule has 0 saturated carbocycles. The standard InChI is InChI=1S/C4H4OP/c6-4-2-1-3-5-4/h1-3,6H. The van der Waals surface area contributed by atoms with Crippen molar-refractivity contribution in [3.63, 3.8) is 0 Å². The Bertz CT molecular complexity index is 111. The van der Waals surface area contributed by atoms with Crippen molar-refractivity contribution in [2.24, 2.45) is 0 Å². The molecule has 6 heavy (non-hydrogen) atoms. The van der Waals surface area contributed by atoms with Crippen LogP contribution in [0, 0.1) is 0 Å². The lowest BCUT2D eigenvalue weighted by Gasteiger charge is -1.68. The highest BCUT2D eigenvalue weighted by Crippen LogP contribution is 1.86. The van der Waals surface area contributed by atoms with Crippen molar-refractivity contribution >= 4 is 14.7 Å². The molecule has 0 bridgehead atoms. The third kappa shape index (κ3) is 0.605. The summed E-state index contributed by atoms with van der Waals surface area (Å²) in [6.45, 7) is 0. The summed E-state index contributed by atoms with van der Waals surface area (Å²) in [6.07, 6.45) is 1.61. The fraction of sp³-hybridized carbons (Fsp3) is 0. The summed E-state index contributed by atoms with van der Waals surface area (Å²) in [5.41, 5.74) is 0.773. The van der Waals surface area contributed by atoms with E-state index in [1.54, 1.807) is 6.26 Å². The van der Waals surface area contributed by atoms with Gasteiger partial charge in [0.1, 0.15) is 5.50 Å². The normalized spacial score (nSPS) is 8.83. The van der Waals surface area contributed by atoms with Gasteiger partial charge in [-0.25, -0.2) is 0 Å². The smallest absolute Gasteiger partial charge is 0.126 e. The first-order valence-corrected chi connectivity index (χ1v) is 2.15. The summed E-state index contributed by atoms with van der Waals surface area (Å²) in [7, 11) is 3.16. The zero-order valence-corrected chi connectivity index (χ0v) is 4.14. The molecular weight excluding hydrogens is 95.0 g/mol. The second-order valence-electron chi connectivity index (χ2n) is 0.977. The molecule has 0 saturated heterocycles. The van der Waals surface area contributed by atoms with Gasteiger partial charge in [0.25, 0.3) is 0 Å². The zero-order valence-electron chi connectivity index (χ0n) is 3.14. The number of furan rings is 1. The Kier molecular flexibility index (Phi) is 0.932. The maximum Gasteiger partial charge on any atom is 0.126 e. The summed E-state index contributed by atoms with van der Waals surface area (Å²) < 4.78 is 4.75. The maximum absolute atomic E-state index is 4.75. The average Bonchev–Trinajstić information content (AvgIpc) is 1.86. The van der Waals surface area contributed by atoms with Crippen molar-refractivity contribution in [3.8, 4) is 0 Å². The molecule has 0 aliphatic heterocycles. The van der Waals surface area contributed by atoms with Gasteiger partial charge in [-0.05, 0) is 21.4 Å². The highest BCUT2D eigenvalue weighted by atomic mass is 31.0. The molecule has 0 amide bonds.